The van der Waals surface area contributed by atoms with Gasteiger partial charge in [0.15, 0.2) is 6.29 Å². The van der Waals surface area contributed by atoms with Crippen molar-refractivity contribution in [3.63, 3.8) is 0 Å². The molecule has 6 unspecified atom stereocenters. The first-order valence-electron chi connectivity index (χ1n) is 19.9. The van der Waals surface area contributed by atoms with Gasteiger partial charge in [0.1, 0.15) is 30.5 Å². The second kappa shape index (κ2) is 31.2. The highest BCUT2D eigenvalue weighted by atomic mass is 32.3. The van der Waals surface area contributed by atoms with E-state index in [4.69, 9.17) is 23.5 Å². The van der Waals surface area contributed by atoms with Crippen molar-refractivity contribution in [1.29, 1.82) is 0 Å². The molecule has 0 aromatic rings. The summed E-state index contributed by atoms with van der Waals surface area (Å²) in [4.78, 5) is 12.7. The number of hydrogen-bond donors (Lipinski definition) is 4. The first kappa shape index (κ1) is 47.9. The zero-order valence-electron chi connectivity index (χ0n) is 31.7. The van der Waals surface area contributed by atoms with Crippen LogP contribution in [0.15, 0.2) is 12.2 Å². The highest BCUT2D eigenvalue weighted by molar-refractivity contribution is 7.80. The summed E-state index contributed by atoms with van der Waals surface area (Å²) in [5.74, 6) is -0.406. The Kier molecular flexibility index (Phi) is 29.3. The Morgan fingerprint density at radius 2 is 1.24 bits per heavy atom. The highest BCUT2D eigenvalue weighted by Crippen LogP contribution is 2.26. The standard InChI is InChI=1S/C38H72O12S/c1-3-5-7-9-11-12-13-14-15-16-17-18-19-20-21-22-23-25-27-34(40)48-32(30-46-28-26-24-10-8-6-4-2)31-47-38-36(42)37(50-51(43,44)45)35(41)33(29-39)49-38/h15-16,32-33,35-39,41-42H,3-14,17-31H2,1-2H3,(H,43,44,45)/b16-15-. The van der Waals surface area contributed by atoms with Crippen molar-refractivity contribution in [3.8, 4) is 0 Å². The SMILES string of the molecule is CCCCCCCCC/C=C\CCCCCCCCCC(=O)OC(COCCCCCCCC)COC1OC(CO)C(O)C(OS(=O)(=O)O)C1O. The average molecular weight is 753 g/mol. The van der Waals surface area contributed by atoms with Crippen LogP contribution in [0.2, 0.25) is 0 Å². The monoisotopic (exact) mass is 752 g/mol. The highest BCUT2D eigenvalue weighted by Gasteiger charge is 2.48. The van der Waals surface area contributed by atoms with Crippen molar-refractivity contribution in [2.24, 2.45) is 0 Å². The molecule has 0 aromatic heterocycles. The lowest BCUT2D eigenvalue weighted by atomic mass is 9.99. The fraction of sp³-hybridized carbons (Fsp3) is 0.921. The van der Waals surface area contributed by atoms with Crippen molar-refractivity contribution < 1.29 is 56.2 Å². The number of carbonyl (C=O) groups excluding carboxylic acids is 1. The van der Waals surface area contributed by atoms with Gasteiger partial charge in [-0.15, -0.1) is 0 Å². The van der Waals surface area contributed by atoms with Crippen LogP contribution in [0.25, 0.3) is 0 Å². The third-order valence-corrected chi connectivity index (χ3v) is 9.60. The van der Waals surface area contributed by atoms with Gasteiger partial charge in [0.25, 0.3) is 0 Å². The van der Waals surface area contributed by atoms with Crippen LogP contribution in [0.3, 0.4) is 0 Å². The summed E-state index contributed by atoms with van der Waals surface area (Å²) in [5.41, 5.74) is 0. The van der Waals surface area contributed by atoms with Gasteiger partial charge < -0.3 is 34.3 Å². The number of carbonyl (C=O) groups is 1. The predicted octanol–water partition coefficient (Wildman–Crippen LogP) is 7.13. The Morgan fingerprint density at radius 1 is 0.725 bits per heavy atom. The van der Waals surface area contributed by atoms with Crippen molar-refractivity contribution in [1.82, 2.24) is 0 Å². The number of ether oxygens (including phenoxy) is 4. The Morgan fingerprint density at radius 3 is 1.76 bits per heavy atom. The van der Waals surface area contributed by atoms with E-state index < -0.39 is 59.8 Å². The van der Waals surface area contributed by atoms with Crippen molar-refractivity contribution >= 4 is 16.4 Å². The van der Waals surface area contributed by atoms with Crippen LogP contribution < -0.4 is 0 Å². The lowest BCUT2D eigenvalue weighted by Crippen LogP contribution is -2.60. The van der Waals surface area contributed by atoms with E-state index in [0.717, 1.165) is 44.9 Å². The number of aliphatic hydroxyl groups is 3. The van der Waals surface area contributed by atoms with E-state index in [1.807, 2.05) is 0 Å². The molecule has 4 N–H and O–H groups in total. The van der Waals surface area contributed by atoms with Gasteiger partial charge in [-0.25, -0.2) is 4.18 Å². The number of aliphatic hydroxyl groups excluding tert-OH is 3. The normalized spacial score (nSPS) is 21.7. The molecule has 0 radical (unpaired) electrons. The zero-order chi connectivity index (χ0) is 37.6. The lowest BCUT2D eigenvalue weighted by Gasteiger charge is -2.41. The van der Waals surface area contributed by atoms with Crippen LogP contribution in [0.4, 0.5) is 0 Å². The molecule has 1 saturated heterocycles. The summed E-state index contributed by atoms with van der Waals surface area (Å²) >= 11 is 0. The van der Waals surface area contributed by atoms with Crippen molar-refractivity contribution in [2.75, 3.05) is 26.4 Å². The zero-order valence-corrected chi connectivity index (χ0v) is 32.5. The van der Waals surface area contributed by atoms with Gasteiger partial charge in [-0.1, -0.05) is 129 Å². The van der Waals surface area contributed by atoms with Gasteiger partial charge in [-0.3, -0.25) is 9.35 Å². The maximum atomic E-state index is 12.7. The summed E-state index contributed by atoms with van der Waals surface area (Å²) in [6.45, 7) is 3.91. The van der Waals surface area contributed by atoms with E-state index in [2.05, 4.69) is 30.2 Å². The molecular weight excluding hydrogens is 680 g/mol. The lowest BCUT2D eigenvalue weighted by molar-refractivity contribution is -0.301. The molecular formula is C38H72O12S. The van der Waals surface area contributed by atoms with Gasteiger partial charge >= 0.3 is 16.4 Å². The molecule has 0 amide bonds. The summed E-state index contributed by atoms with van der Waals surface area (Å²) in [6, 6.07) is 0. The topological polar surface area (TPSA) is 178 Å². The maximum Gasteiger partial charge on any atom is 0.397 e. The molecule has 6 atom stereocenters. The van der Waals surface area contributed by atoms with Crippen molar-refractivity contribution in [2.45, 2.75) is 198 Å². The second-order valence-electron chi connectivity index (χ2n) is 13.9. The molecule has 1 fully saturated rings. The Bertz CT molecular complexity index is 963. The van der Waals surface area contributed by atoms with Gasteiger partial charge in [-0.05, 0) is 38.5 Å². The molecule has 1 rings (SSSR count). The van der Waals surface area contributed by atoms with E-state index in [-0.39, 0.29) is 19.6 Å². The molecule has 1 heterocycles. The van der Waals surface area contributed by atoms with Crippen LogP contribution in [0.1, 0.15) is 162 Å². The van der Waals surface area contributed by atoms with E-state index >= 15 is 0 Å². The minimum atomic E-state index is -5.05. The van der Waals surface area contributed by atoms with Crippen LogP contribution in [0, 0.1) is 0 Å². The van der Waals surface area contributed by atoms with Gasteiger partial charge in [0.2, 0.25) is 0 Å². The van der Waals surface area contributed by atoms with Crippen LogP contribution in [-0.4, -0.2) is 97.5 Å². The summed E-state index contributed by atoms with van der Waals surface area (Å²) in [7, 11) is -5.05. The number of esters is 1. The largest absolute Gasteiger partial charge is 0.457 e. The molecule has 0 spiro atoms. The van der Waals surface area contributed by atoms with Crippen molar-refractivity contribution in [3.05, 3.63) is 12.2 Å². The second-order valence-corrected chi connectivity index (χ2v) is 14.9. The Hall–Kier alpha value is -1.16. The number of hydrogen-bond acceptors (Lipinski definition) is 11. The summed E-state index contributed by atoms with van der Waals surface area (Å²) in [6.07, 6.45) is 21.4. The number of rotatable bonds is 34. The van der Waals surface area contributed by atoms with Gasteiger partial charge in [0, 0.05) is 13.0 Å². The molecule has 1 aliphatic heterocycles. The van der Waals surface area contributed by atoms with Crippen LogP contribution in [0.5, 0.6) is 0 Å². The average Bonchev–Trinajstić information content (AvgIpc) is 3.09. The third-order valence-electron chi connectivity index (χ3n) is 9.14. The molecule has 51 heavy (non-hydrogen) atoms. The van der Waals surface area contributed by atoms with Gasteiger partial charge in [0.05, 0.1) is 19.8 Å². The summed E-state index contributed by atoms with van der Waals surface area (Å²) < 4.78 is 58.6. The molecule has 302 valence electrons. The summed E-state index contributed by atoms with van der Waals surface area (Å²) in [5, 5.41) is 30.4. The molecule has 0 aliphatic carbocycles. The van der Waals surface area contributed by atoms with E-state index in [9.17, 15) is 28.5 Å². The molecule has 1 aliphatic rings. The Labute approximate surface area is 308 Å². The molecule has 12 nitrogen and oxygen atoms in total. The fourth-order valence-electron chi connectivity index (χ4n) is 6.08. The van der Waals surface area contributed by atoms with E-state index in [0.29, 0.717) is 13.0 Å². The smallest absolute Gasteiger partial charge is 0.397 e. The molecule has 0 bridgehead atoms. The van der Waals surface area contributed by atoms with Crippen LogP contribution in [-0.2, 0) is 38.3 Å². The predicted molar refractivity (Wildman–Crippen MR) is 198 cm³/mol. The van der Waals surface area contributed by atoms with E-state index in [1.54, 1.807) is 0 Å². The molecule has 0 aromatic carbocycles. The minimum absolute atomic E-state index is 0.0365. The minimum Gasteiger partial charge on any atom is -0.457 e. The van der Waals surface area contributed by atoms with Gasteiger partial charge in [-0.2, -0.15) is 8.42 Å². The van der Waals surface area contributed by atoms with Crippen LogP contribution >= 0.6 is 0 Å². The fourth-order valence-corrected chi connectivity index (χ4v) is 6.59. The third kappa shape index (κ3) is 25.5. The number of allylic oxidation sites excluding steroid dienone is 2. The molecule has 13 heteroatoms. The first-order chi connectivity index (χ1) is 24.6. The quantitative estimate of drug-likeness (QED) is 0.0227. The first-order valence-corrected chi connectivity index (χ1v) is 21.3. The number of unbranched alkanes of at least 4 members (excludes halogenated alkanes) is 19. The maximum absolute atomic E-state index is 12.7. The van der Waals surface area contributed by atoms with E-state index in [1.165, 1.54) is 89.9 Å². The molecule has 0 saturated carbocycles. The Balaban J connectivity index is 2.39.